The summed E-state index contributed by atoms with van der Waals surface area (Å²) in [4.78, 5) is 31.5. The lowest BCUT2D eigenvalue weighted by Gasteiger charge is -2.16. The third-order valence-electron chi connectivity index (χ3n) is 4.62. The van der Waals surface area contributed by atoms with Crippen LogP contribution in [0.25, 0.3) is 10.9 Å². The first kappa shape index (κ1) is 19.0. The van der Waals surface area contributed by atoms with Crippen molar-refractivity contribution in [2.75, 3.05) is 12.8 Å². The molecule has 0 saturated heterocycles. The molecule has 0 aliphatic heterocycles. The molecule has 7 heteroatoms. The number of pyridine rings is 1. The maximum atomic E-state index is 12.7. The lowest BCUT2D eigenvalue weighted by Crippen LogP contribution is -2.27. The first-order valence-electron chi connectivity index (χ1n) is 9.18. The molecule has 3 aromatic rings. The number of amides is 2. The molecular weight excluding hydrogens is 390 g/mol. The number of aromatic nitrogens is 1. The van der Waals surface area contributed by atoms with Crippen LogP contribution in [0, 0.1) is 0 Å². The summed E-state index contributed by atoms with van der Waals surface area (Å²) in [6, 6.07) is 11.8. The number of hydrogen-bond acceptors (Lipinski definition) is 5. The van der Waals surface area contributed by atoms with Crippen LogP contribution in [-0.2, 0) is 11.3 Å². The van der Waals surface area contributed by atoms with E-state index in [4.69, 9.17) is 0 Å². The molecule has 4 rings (SSSR count). The summed E-state index contributed by atoms with van der Waals surface area (Å²) in [6.45, 7) is 0.600. The average molecular weight is 412 g/mol. The Labute approximate surface area is 172 Å². The molecule has 1 aliphatic carbocycles. The van der Waals surface area contributed by atoms with Crippen LogP contribution in [0.5, 0.6) is 0 Å². The number of thiophene rings is 1. The normalized spacial score (nSPS) is 13.5. The molecule has 28 heavy (non-hydrogen) atoms. The van der Waals surface area contributed by atoms with Crippen LogP contribution in [0.3, 0.4) is 0 Å². The van der Waals surface area contributed by atoms with Gasteiger partial charge in [-0.2, -0.15) is 11.3 Å². The summed E-state index contributed by atoms with van der Waals surface area (Å²) in [5.74, 6) is 0.259. The average Bonchev–Trinajstić information content (AvgIpc) is 3.37. The first-order chi connectivity index (χ1) is 13.6. The van der Waals surface area contributed by atoms with Crippen LogP contribution >= 0.6 is 23.1 Å². The van der Waals surface area contributed by atoms with E-state index >= 15 is 0 Å². The molecule has 144 valence electrons. The Morgan fingerprint density at radius 2 is 2.11 bits per heavy atom. The zero-order valence-electron chi connectivity index (χ0n) is 15.6. The monoisotopic (exact) mass is 411 g/mol. The summed E-state index contributed by atoms with van der Waals surface area (Å²) in [5, 5.41) is 8.64. The zero-order valence-corrected chi connectivity index (χ0v) is 17.2. The minimum atomic E-state index is -0.0659. The van der Waals surface area contributed by atoms with E-state index in [-0.39, 0.29) is 17.6 Å². The van der Waals surface area contributed by atoms with Crippen LogP contribution in [0.15, 0.2) is 52.2 Å². The van der Waals surface area contributed by atoms with Crippen molar-refractivity contribution < 1.29 is 9.59 Å². The second kappa shape index (κ2) is 8.32. The number of hydrogen-bond donors (Lipinski definition) is 1. The Hall–Kier alpha value is -2.38. The summed E-state index contributed by atoms with van der Waals surface area (Å²) in [5.41, 5.74) is 2.53. The van der Waals surface area contributed by atoms with Gasteiger partial charge in [0.1, 0.15) is 0 Å². The molecule has 1 N–H and O–H groups in total. The van der Waals surface area contributed by atoms with Gasteiger partial charge >= 0.3 is 0 Å². The van der Waals surface area contributed by atoms with Crippen molar-refractivity contribution in [2.24, 2.45) is 0 Å². The van der Waals surface area contributed by atoms with E-state index in [1.165, 1.54) is 11.8 Å². The molecule has 0 spiro atoms. The fourth-order valence-corrected chi connectivity index (χ4v) is 4.41. The van der Waals surface area contributed by atoms with Crippen molar-refractivity contribution in [1.29, 1.82) is 0 Å². The molecule has 1 aliphatic rings. The highest BCUT2D eigenvalue weighted by molar-refractivity contribution is 7.99. The lowest BCUT2D eigenvalue weighted by molar-refractivity contribution is -0.127. The van der Waals surface area contributed by atoms with Gasteiger partial charge in [-0.05, 0) is 47.4 Å². The molecule has 2 amide bonds. The van der Waals surface area contributed by atoms with Gasteiger partial charge in [-0.25, -0.2) is 4.98 Å². The van der Waals surface area contributed by atoms with Crippen LogP contribution in [0.4, 0.5) is 0 Å². The summed E-state index contributed by atoms with van der Waals surface area (Å²) in [7, 11) is 1.81. The number of nitrogens with one attached hydrogen (secondary N) is 1. The quantitative estimate of drug-likeness (QED) is 0.598. The standard InChI is InChI=1S/C21H21N3O2S2/c1-24(11-14-8-9-27-12-14)20(25)13-28-19-10-17(21(26)22-15-6-7-15)16-4-2-3-5-18(16)23-19/h2-5,8-10,12,15H,6-7,11,13H2,1H3,(H,22,26). The number of para-hydroxylation sites is 1. The van der Waals surface area contributed by atoms with Gasteiger partial charge in [0, 0.05) is 25.0 Å². The molecular formula is C21H21N3O2S2. The topological polar surface area (TPSA) is 62.3 Å². The molecule has 0 unspecified atom stereocenters. The SMILES string of the molecule is CN(Cc1ccsc1)C(=O)CSc1cc(C(=O)NC2CC2)c2ccccc2n1. The Bertz CT molecular complexity index is 1000. The predicted molar refractivity (Wildman–Crippen MR) is 114 cm³/mol. The van der Waals surface area contributed by atoms with Crippen molar-refractivity contribution >= 4 is 45.8 Å². The number of carbonyl (C=O) groups is 2. The zero-order chi connectivity index (χ0) is 19.5. The molecule has 0 atom stereocenters. The summed E-state index contributed by atoms with van der Waals surface area (Å²) >= 11 is 3.00. The highest BCUT2D eigenvalue weighted by Gasteiger charge is 2.25. The van der Waals surface area contributed by atoms with Crippen LogP contribution in [0.1, 0.15) is 28.8 Å². The van der Waals surface area contributed by atoms with Crippen molar-refractivity contribution in [3.05, 3.63) is 58.3 Å². The van der Waals surface area contributed by atoms with E-state index in [9.17, 15) is 9.59 Å². The lowest BCUT2D eigenvalue weighted by atomic mass is 10.1. The van der Waals surface area contributed by atoms with Crippen molar-refractivity contribution in [2.45, 2.75) is 30.5 Å². The van der Waals surface area contributed by atoms with E-state index in [1.807, 2.05) is 48.1 Å². The second-order valence-electron chi connectivity index (χ2n) is 6.94. The first-order valence-corrected chi connectivity index (χ1v) is 11.1. The Morgan fingerprint density at radius 3 is 2.86 bits per heavy atom. The molecule has 0 bridgehead atoms. The Balaban J connectivity index is 1.48. The number of thioether (sulfide) groups is 1. The van der Waals surface area contributed by atoms with E-state index in [0.717, 1.165) is 29.3 Å². The Kier molecular flexibility index (Phi) is 5.64. The van der Waals surface area contributed by atoms with Crippen molar-refractivity contribution in [1.82, 2.24) is 15.2 Å². The van der Waals surface area contributed by atoms with E-state index < -0.39 is 0 Å². The fraction of sp³-hybridized carbons (Fsp3) is 0.286. The number of carbonyl (C=O) groups excluding carboxylic acids is 2. The molecule has 1 saturated carbocycles. The van der Waals surface area contributed by atoms with Gasteiger partial charge in [-0.1, -0.05) is 30.0 Å². The molecule has 2 aromatic heterocycles. The van der Waals surface area contributed by atoms with Gasteiger partial charge < -0.3 is 10.2 Å². The maximum absolute atomic E-state index is 12.7. The highest BCUT2D eigenvalue weighted by atomic mass is 32.2. The van der Waals surface area contributed by atoms with E-state index in [0.29, 0.717) is 23.2 Å². The van der Waals surface area contributed by atoms with Crippen LogP contribution in [0.2, 0.25) is 0 Å². The molecule has 1 fully saturated rings. The number of rotatable bonds is 7. The number of benzene rings is 1. The van der Waals surface area contributed by atoms with Gasteiger partial charge in [0.25, 0.3) is 5.91 Å². The fourth-order valence-electron chi connectivity index (χ4n) is 2.89. The third kappa shape index (κ3) is 4.54. The Morgan fingerprint density at radius 1 is 1.29 bits per heavy atom. The van der Waals surface area contributed by atoms with Gasteiger partial charge in [0.2, 0.25) is 5.91 Å². The third-order valence-corrected chi connectivity index (χ3v) is 6.25. The smallest absolute Gasteiger partial charge is 0.252 e. The van der Waals surface area contributed by atoms with Crippen LogP contribution in [-0.4, -0.2) is 40.5 Å². The largest absolute Gasteiger partial charge is 0.349 e. The second-order valence-corrected chi connectivity index (χ2v) is 8.72. The van der Waals surface area contributed by atoms with Crippen molar-refractivity contribution in [3.8, 4) is 0 Å². The van der Waals surface area contributed by atoms with Gasteiger partial charge in [-0.3, -0.25) is 9.59 Å². The molecule has 2 heterocycles. The van der Waals surface area contributed by atoms with Crippen molar-refractivity contribution in [3.63, 3.8) is 0 Å². The van der Waals surface area contributed by atoms with Gasteiger partial charge in [0.15, 0.2) is 0 Å². The maximum Gasteiger partial charge on any atom is 0.252 e. The molecule has 5 nitrogen and oxygen atoms in total. The summed E-state index contributed by atoms with van der Waals surface area (Å²) < 4.78 is 0. The number of fused-ring (bicyclic) bond motifs is 1. The molecule has 0 radical (unpaired) electrons. The number of nitrogens with zero attached hydrogens (tertiary/aromatic N) is 2. The minimum Gasteiger partial charge on any atom is -0.349 e. The predicted octanol–water partition coefficient (Wildman–Crippen LogP) is 3.94. The summed E-state index contributed by atoms with van der Waals surface area (Å²) in [6.07, 6.45) is 2.09. The van der Waals surface area contributed by atoms with E-state index in [2.05, 4.69) is 10.3 Å². The van der Waals surface area contributed by atoms with Gasteiger partial charge in [-0.15, -0.1) is 0 Å². The molecule has 1 aromatic carbocycles. The minimum absolute atomic E-state index is 0.0372. The van der Waals surface area contributed by atoms with E-state index in [1.54, 1.807) is 22.3 Å². The van der Waals surface area contributed by atoms with Gasteiger partial charge in [0.05, 0.1) is 21.9 Å². The highest BCUT2D eigenvalue weighted by Crippen LogP contribution is 2.26. The van der Waals surface area contributed by atoms with Crippen LogP contribution < -0.4 is 5.32 Å².